The smallest absolute Gasteiger partial charge is 0.233 e. The molecule has 1 amide bonds. The van der Waals surface area contributed by atoms with Gasteiger partial charge in [-0.05, 0) is 34.2 Å². The van der Waals surface area contributed by atoms with Crippen LogP contribution in [-0.2, 0) is 16.1 Å². The van der Waals surface area contributed by atoms with E-state index in [0.717, 1.165) is 11.3 Å². The fourth-order valence-corrected chi connectivity index (χ4v) is 3.53. The van der Waals surface area contributed by atoms with Crippen molar-refractivity contribution in [1.29, 1.82) is 0 Å². The van der Waals surface area contributed by atoms with Crippen LogP contribution in [0.2, 0.25) is 5.02 Å². The minimum Gasteiger partial charge on any atom is -0.383 e. The number of halogens is 1. The van der Waals surface area contributed by atoms with Gasteiger partial charge >= 0.3 is 0 Å². The number of methoxy groups -OCH3 is 1. The molecule has 0 unspecified atom stereocenters. The summed E-state index contributed by atoms with van der Waals surface area (Å²) in [5.74, 6) is 0.212. The number of carbonyl (C=O) groups excluding carboxylic acids is 1. The average Bonchev–Trinajstić information content (AvgIpc) is 3.19. The second-order valence-electron chi connectivity index (χ2n) is 5.94. The van der Waals surface area contributed by atoms with Crippen LogP contribution in [0.5, 0.6) is 0 Å². The van der Waals surface area contributed by atoms with Crippen molar-refractivity contribution in [2.45, 2.75) is 11.7 Å². The van der Waals surface area contributed by atoms with Crippen molar-refractivity contribution in [2.75, 3.05) is 26.0 Å². The molecular weight excluding hydrogens is 398 g/mol. The zero-order chi connectivity index (χ0) is 19.8. The van der Waals surface area contributed by atoms with Gasteiger partial charge in [-0.2, -0.15) is 4.68 Å². The molecule has 146 valence electrons. The third kappa shape index (κ3) is 5.54. The van der Waals surface area contributed by atoms with Crippen molar-refractivity contribution < 1.29 is 9.53 Å². The van der Waals surface area contributed by atoms with E-state index in [1.165, 1.54) is 11.8 Å². The summed E-state index contributed by atoms with van der Waals surface area (Å²) in [6, 6.07) is 17.1. The lowest BCUT2D eigenvalue weighted by molar-refractivity contribution is -0.129. The van der Waals surface area contributed by atoms with Crippen LogP contribution >= 0.6 is 23.4 Å². The molecule has 1 aromatic heterocycles. The van der Waals surface area contributed by atoms with Crippen LogP contribution < -0.4 is 0 Å². The van der Waals surface area contributed by atoms with E-state index >= 15 is 0 Å². The first kappa shape index (κ1) is 20.3. The molecule has 28 heavy (non-hydrogen) atoms. The van der Waals surface area contributed by atoms with Crippen molar-refractivity contribution in [2.24, 2.45) is 0 Å². The summed E-state index contributed by atoms with van der Waals surface area (Å²) in [6.07, 6.45) is 0. The predicted molar refractivity (Wildman–Crippen MR) is 109 cm³/mol. The van der Waals surface area contributed by atoms with Gasteiger partial charge < -0.3 is 9.64 Å². The molecule has 0 spiro atoms. The summed E-state index contributed by atoms with van der Waals surface area (Å²) in [7, 11) is 1.62. The fraction of sp³-hybridized carbons (Fsp3) is 0.263. The minimum atomic E-state index is -0.00783. The Kier molecular flexibility index (Phi) is 7.41. The molecule has 0 atom stereocenters. The van der Waals surface area contributed by atoms with E-state index in [2.05, 4.69) is 15.5 Å². The summed E-state index contributed by atoms with van der Waals surface area (Å²) in [4.78, 5) is 14.6. The number of carbonyl (C=O) groups is 1. The molecule has 1 heterocycles. The largest absolute Gasteiger partial charge is 0.383 e. The van der Waals surface area contributed by atoms with Crippen LogP contribution in [0.3, 0.4) is 0 Å². The third-order valence-corrected chi connectivity index (χ3v) is 5.09. The van der Waals surface area contributed by atoms with E-state index in [1.807, 2.05) is 42.5 Å². The van der Waals surface area contributed by atoms with Crippen LogP contribution in [-0.4, -0.2) is 57.0 Å². The molecule has 3 rings (SSSR count). The minimum absolute atomic E-state index is 0.00783. The number of rotatable bonds is 9. The van der Waals surface area contributed by atoms with Crippen LogP contribution in [0.15, 0.2) is 59.8 Å². The molecule has 0 saturated heterocycles. The Morgan fingerprint density at radius 3 is 2.79 bits per heavy atom. The first-order chi connectivity index (χ1) is 13.7. The SMILES string of the molecule is COCCN(Cc1ccccc1)C(=O)CSc1nnnn1-c1cccc(Cl)c1. The van der Waals surface area contributed by atoms with Crippen molar-refractivity contribution in [3.8, 4) is 5.69 Å². The van der Waals surface area contributed by atoms with Crippen molar-refractivity contribution in [3.05, 3.63) is 65.2 Å². The molecule has 0 fully saturated rings. The number of hydrogen-bond donors (Lipinski definition) is 0. The maximum absolute atomic E-state index is 12.8. The topological polar surface area (TPSA) is 73.1 Å². The van der Waals surface area contributed by atoms with Crippen LogP contribution in [0.4, 0.5) is 0 Å². The molecule has 0 aliphatic carbocycles. The number of aromatic nitrogens is 4. The maximum atomic E-state index is 12.8. The van der Waals surface area contributed by atoms with Gasteiger partial charge in [-0.1, -0.05) is 59.8 Å². The van der Waals surface area contributed by atoms with Gasteiger partial charge in [0.1, 0.15) is 0 Å². The highest BCUT2D eigenvalue weighted by Crippen LogP contribution is 2.21. The molecule has 0 radical (unpaired) electrons. The second-order valence-corrected chi connectivity index (χ2v) is 7.31. The molecular formula is C19H20ClN5O2S. The van der Waals surface area contributed by atoms with Crippen molar-refractivity contribution in [1.82, 2.24) is 25.1 Å². The van der Waals surface area contributed by atoms with E-state index in [4.69, 9.17) is 16.3 Å². The quantitative estimate of drug-likeness (QED) is 0.498. The number of ether oxygens (including phenoxy) is 1. The third-order valence-electron chi connectivity index (χ3n) is 3.95. The maximum Gasteiger partial charge on any atom is 0.233 e. The highest BCUT2D eigenvalue weighted by Gasteiger charge is 2.17. The van der Waals surface area contributed by atoms with E-state index in [0.29, 0.717) is 29.9 Å². The van der Waals surface area contributed by atoms with Crippen molar-refractivity contribution >= 4 is 29.3 Å². The van der Waals surface area contributed by atoms with Gasteiger partial charge in [0.2, 0.25) is 11.1 Å². The zero-order valence-corrected chi connectivity index (χ0v) is 16.9. The van der Waals surface area contributed by atoms with Gasteiger partial charge in [0, 0.05) is 25.2 Å². The van der Waals surface area contributed by atoms with Crippen molar-refractivity contribution in [3.63, 3.8) is 0 Å². The van der Waals surface area contributed by atoms with E-state index in [-0.39, 0.29) is 11.7 Å². The van der Waals surface area contributed by atoms with Gasteiger partial charge in [-0.15, -0.1) is 5.10 Å². The number of amides is 1. The standard InChI is InChI=1S/C19H20ClN5O2S/c1-27-11-10-24(13-15-6-3-2-4-7-15)18(26)14-28-19-21-22-23-25(19)17-9-5-8-16(20)12-17/h2-9,12H,10-11,13-14H2,1H3. The highest BCUT2D eigenvalue weighted by molar-refractivity contribution is 7.99. The fourth-order valence-electron chi connectivity index (χ4n) is 2.55. The van der Waals surface area contributed by atoms with E-state index in [9.17, 15) is 4.79 Å². The summed E-state index contributed by atoms with van der Waals surface area (Å²) in [5, 5.41) is 12.9. The molecule has 0 bridgehead atoms. The summed E-state index contributed by atoms with van der Waals surface area (Å²) >= 11 is 7.33. The summed E-state index contributed by atoms with van der Waals surface area (Å²) in [6.45, 7) is 1.52. The average molecular weight is 418 g/mol. The number of nitrogens with zero attached hydrogens (tertiary/aromatic N) is 5. The lowest BCUT2D eigenvalue weighted by atomic mass is 10.2. The van der Waals surface area contributed by atoms with Gasteiger partial charge in [0.25, 0.3) is 0 Å². The Morgan fingerprint density at radius 1 is 1.21 bits per heavy atom. The first-order valence-corrected chi connectivity index (χ1v) is 10.0. The second kappa shape index (κ2) is 10.2. The van der Waals surface area contributed by atoms with Gasteiger partial charge in [0.15, 0.2) is 0 Å². The summed E-state index contributed by atoms with van der Waals surface area (Å²) in [5.41, 5.74) is 1.81. The number of benzene rings is 2. The predicted octanol–water partition coefficient (Wildman–Crippen LogP) is 3.08. The van der Waals surface area contributed by atoms with E-state index in [1.54, 1.807) is 28.8 Å². The Bertz CT molecular complexity index is 906. The first-order valence-electron chi connectivity index (χ1n) is 8.65. The van der Waals surface area contributed by atoms with Gasteiger partial charge in [0.05, 0.1) is 18.0 Å². The lowest BCUT2D eigenvalue weighted by Gasteiger charge is -2.22. The van der Waals surface area contributed by atoms with Crippen LogP contribution in [0.1, 0.15) is 5.56 Å². The van der Waals surface area contributed by atoms with Crippen LogP contribution in [0.25, 0.3) is 5.69 Å². The molecule has 9 heteroatoms. The Hall–Kier alpha value is -2.42. The Labute approximate surface area is 172 Å². The lowest BCUT2D eigenvalue weighted by Crippen LogP contribution is -2.34. The number of thioether (sulfide) groups is 1. The van der Waals surface area contributed by atoms with Gasteiger partial charge in [-0.25, -0.2) is 0 Å². The zero-order valence-electron chi connectivity index (χ0n) is 15.4. The molecule has 7 nitrogen and oxygen atoms in total. The van der Waals surface area contributed by atoms with Crippen LogP contribution in [0, 0.1) is 0 Å². The highest BCUT2D eigenvalue weighted by atomic mass is 35.5. The molecule has 2 aromatic carbocycles. The molecule has 0 saturated carbocycles. The molecule has 0 N–H and O–H groups in total. The molecule has 0 aliphatic rings. The monoisotopic (exact) mass is 417 g/mol. The Balaban J connectivity index is 1.67. The number of tetrazole rings is 1. The summed E-state index contributed by atoms with van der Waals surface area (Å²) < 4.78 is 6.72. The van der Waals surface area contributed by atoms with Gasteiger partial charge in [-0.3, -0.25) is 4.79 Å². The molecule has 0 aliphatic heterocycles. The normalized spacial score (nSPS) is 10.8. The Morgan fingerprint density at radius 2 is 2.04 bits per heavy atom. The number of hydrogen-bond acceptors (Lipinski definition) is 6. The van der Waals surface area contributed by atoms with E-state index < -0.39 is 0 Å². The molecule has 3 aromatic rings.